The van der Waals surface area contributed by atoms with Crippen molar-refractivity contribution in [3.63, 3.8) is 0 Å². The molecule has 0 aliphatic heterocycles. The smallest absolute Gasteiger partial charge is 0.0619 e. The number of aryl methyl sites for hydroxylation is 2. The molecule has 0 radical (unpaired) electrons. The van der Waals surface area contributed by atoms with Crippen LogP contribution in [-0.2, 0) is 34.6 Å². The molecule has 2 heteroatoms. The van der Waals surface area contributed by atoms with Crippen molar-refractivity contribution in [2.45, 2.75) is 42.2 Å². The summed E-state index contributed by atoms with van der Waals surface area (Å²) >= 11 is 0. The molecule has 0 heterocycles. The maximum absolute atomic E-state index is 2.33. The van der Waals surface area contributed by atoms with E-state index in [9.17, 15) is 0 Å². The minimum atomic E-state index is -0.101. The minimum Gasteiger partial charge on any atom is -0.0619 e. The van der Waals surface area contributed by atoms with Gasteiger partial charge in [-0.25, -0.2) is 0 Å². The molecule has 0 atom stereocenters. The Balaban J connectivity index is 1.17. The molecule has 0 aliphatic carbocycles. The monoisotopic (exact) mass is 552 g/mol. The second-order valence-corrected chi connectivity index (χ2v) is 13.7. The molecular formula is C38H32S2+2. The Hall–Kier alpha value is -3.98. The zero-order valence-electron chi connectivity index (χ0n) is 22.4. The van der Waals surface area contributed by atoms with Crippen LogP contribution >= 0.6 is 0 Å². The molecule has 0 nitrogen and oxygen atoms in total. The van der Waals surface area contributed by atoms with Crippen LogP contribution in [-0.4, -0.2) is 0 Å². The first-order valence-corrected chi connectivity index (χ1v) is 16.2. The maximum Gasteiger partial charge on any atom is 0.166 e. The fourth-order valence-electron chi connectivity index (χ4n) is 4.92. The van der Waals surface area contributed by atoms with E-state index in [2.05, 4.69) is 170 Å². The van der Waals surface area contributed by atoms with E-state index in [1.54, 1.807) is 0 Å². The Morgan fingerprint density at radius 1 is 0.250 bits per heavy atom. The Bertz CT molecular complexity index is 1390. The van der Waals surface area contributed by atoms with Crippen LogP contribution in [0.2, 0.25) is 0 Å². The lowest BCUT2D eigenvalue weighted by Gasteiger charge is -2.10. The third kappa shape index (κ3) is 6.25. The molecule has 194 valence electrons. The van der Waals surface area contributed by atoms with Crippen molar-refractivity contribution >= 4 is 21.8 Å². The molecule has 0 bridgehead atoms. The van der Waals surface area contributed by atoms with Gasteiger partial charge in [0.15, 0.2) is 29.4 Å². The highest BCUT2D eigenvalue weighted by atomic mass is 32.2. The van der Waals surface area contributed by atoms with Gasteiger partial charge >= 0.3 is 0 Å². The molecule has 6 aromatic carbocycles. The summed E-state index contributed by atoms with van der Waals surface area (Å²) < 4.78 is 0. The molecule has 0 aromatic heterocycles. The molecule has 0 saturated carbocycles. The topological polar surface area (TPSA) is 0 Å². The summed E-state index contributed by atoms with van der Waals surface area (Å²) in [5.74, 6) is 0. The molecule has 0 unspecified atom stereocenters. The Kier molecular flexibility index (Phi) is 8.48. The van der Waals surface area contributed by atoms with Crippen LogP contribution in [0, 0.1) is 0 Å². The average molecular weight is 553 g/mol. The van der Waals surface area contributed by atoms with Gasteiger partial charge < -0.3 is 0 Å². The van der Waals surface area contributed by atoms with E-state index in [0.717, 1.165) is 12.8 Å². The Labute approximate surface area is 244 Å². The lowest BCUT2D eigenvalue weighted by Crippen LogP contribution is -2.05. The van der Waals surface area contributed by atoms with Gasteiger partial charge in [-0.3, -0.25) is 0 Å². The van der Waals surface area contributed by atoms with Gasteiger partial charge in [-0.2, -0.15) is 0 Å². The van der Waals surface area contributed by atoms with E-state index in [1.165, 1.54) is 40.5 Å². The first-order valence-electron chi connectivity index (χ1n) is 13.7. The molecule has 6 aromatic rings. The lowest BCUT2D eigenvalue weighted by molar-refractivity contribution is 0.955. The minimum absolute atomic E-state index is 0.101. The molecule has 0 fully saturated rings. The number of benzene rings is 6. The summed E-state index contributed by atoms with van der Waals surface area (Å²) in [6.45, 7) is 0. The quantitative estimate of drug-likeness (QED) is 0.157. The van der Waals surface area contributed by atoms with E-state index in [4.69, 9.17) is 0 Å². The van der Waals surface area contributed by atoms with Gasteiger partial charge in [0.1, 0.15) is 0 Å². The Morgan fingerprint density at radius 2 is 0.475 bits per heavy atom. The molecule has 0 spiro atoms. The molecule has 40 heavy (non-hydrogen) atoms. The van der Waals surface area contributed by atoms with Crippen LogP contribution in [0.15, 0.2) is 199 Å². The van der Waals surface area contributed by atoms with Crippen LogP contribution < -0.4 is 0 Å². The van der Waals surface area contributed by atoms with Gasteiger partial charge in [0, 0.05) is 0 Å². The molecule has 6 rings (SSSR count). The first kappa shape index (κ1) is 26.3. The second kappa shape index (κ2) is 12.9. The molecule has 0 aliphatic rings. The van der Waals surface area contributed by atoms with E-state index in [-0.39, 0.29) is 21.8 Å². The Morgan fingerprint density at radius 3 is 0.725 bits per heavy atom. The van der Waals surface area contributed by atoms with E-state index in [1.807, 2.05) is 0 Å². The summed E-state index contributed by atoms with van der Waals surface area (Å²) in [7, 11) is -0.202. The number of hydrogen-bond donors (Lipinski definition) is 0. The summed E-state index contributed by atoms with van der Waals surface area (Å²) in [4.78, 5) is 8.13. The van der Waals surface area contributed by atoms with Gasteiger partial charge in [-0.1, -0.05) is 97.1 Å². The molecule has 0 amide bonds. The fourth-order valence-corrected chi connectivity index (χ4v) is 9.08. The third-order valence-electron chi connectivity index (χ3n) is 6.94. The standard InChI is InChI=1S/C38H32S2/c1-5-13-33(14-6-1)39(34-15-7-2-8-16-34)37-27-23-31(24-28-37)21-22-32-25-29-38(30-26-32)40(35-17-9-3-10-18-35)36-19-11-4-12-20-36/h1-20,23-30H,21-22H2/q+2. The summed E-state index contributed by atoms with van der Waals surface area (Å²) in [5, 5.41) is 0. The van der Waals surface area contributed by atoms with Crippen LogP contribution in [0.4, 0.5) is 0 Å². The number of hydrogen-bond acceptors (Lipinski definition) is 0. The van der Waals surface area contributed by atoms with Crippen molar-refractivity contribution in [3.8, 4) is 0 Å². The third-order valence-corrected chi connectivity index (χ3v) is 11.4. The van der Waals surface area contributed by atoms with Crippen LogP contribution in [0.3, 0.4) is 0 Å². The summed E-state index contributed by atoms with van der Waals surface area (Å²) in [6, 6.07) is 62.0. The first-order chi connectivity index (χ1) is 19.8. The zero-order chi connectivity index (χ0) is 27.0. The summed E-state index contributed by atoms with van der Waals surface area (Å²) in [6.07, 6.45) is 2.07. The van der Waals surface area contributed by atoms with Crippen molar-refractivity contribution in [1.82, 2.24) is 0 Å². The fraction of sp³-hybridized carbons (Fsp3) is 0.0526. The van der Waals surface area contributed by atoms with Gasteiger partial charge in [0.2, 0.25) is 0 Å². The van der Waals surface area contributed by atoms with Crippen molar-refractivity contribution in [3.05, 3.63) is 181 Å². The van der Waals surface area contributed by atoms with E-state index >= 15 is 0 Å². The highest BCUT2D eigenvalue weighted by molar-refractivity contribution is 7.97. The SMILES string of the molecule is c1ccc([S+](c2ccccc2)c2ccc(CCc3ccc([S+](c4ccccc4)c4ccccc4)cc3)cc2)cc1. The lowest BCUT2D eigenvalue weighted by atomic mass is 10.0. The van der Waals surface area contributed by atoms with Gasteiger partial charge in [-0.05, 0) is 96.8 Å². The second-order valence-electron chi connectivity index (χ2n) is 9.65. The highest BCUT2D eigenvalue weighted by Gasteiger charge is 2.29. The predicted molar refractivity (Wildman–Crippen MR) is 170 cm³/mol. The molecule has 0 saturated heterocycles. The highest BCUT2D eigenvalue weighted by Crippen LogP contribution is 2.32. The van der Waals surface area contributed by atoms with Crippen molar-refractivity contribution in [2.24, 2.45) is 0 Å². The van der Waals surface area contributed by atoms with Crippen LogP contribution in [0.1, 0.15) is 11.1 Å². The van der Waals surface area contributed by atoms with Crippen molar-refractivity contribution < 1.29 is 0 Å². The van der Waals surface area contributed by atoms with Gasteiger partial charge in [-0.15, -0.1) is 0 Å². The van der Waals surface area contributed by atoms with E-state index in [0.29, 0.717) is 0 Å². The van der Waals surface area contributed by atoms with Crippen LogP contribution in [0.25, 0.3) is 0 Å². The van der Waals surface area contributed by atoms with Gasteiger partial charge in [0.25, 0.3) is 0 Å². The maximum atomic E-state index is 2.33. The summed E-state index contributed by atoms with van der Waals surface area (Å²) in [5.41, 5.74) is 2.76. The number of rotatable bonds is 9. The normalized spacial score (nSPS) is 11.2. The average Bonchev–Trinajstić information content (AvgIpc) is 3.04. The molecule has 0 N–H and O–H groups in total. The van der Waals surface area contributed by atoms with Gasteiger partial charge in [0.05, 0.1) is 21.8 Å². The van der Waals surface area contributed by atoms with Crippen molar-refractivity contribution in [2.75, 3.05) is 0 Å². The van der Waals surface area contributed by atoms with Crippen LogP contribution in [0.5, 0.6) is 0 Å². The van der Waals surface area contributed by atoms with E-state index < -0.39 is 0 Å². The molecular weight excluding hydrogens is 521 g/mol. The largest absolute Gasteiger partial charge is 0.166 e. The van der Waals surface area contributed by atoms with Crippen molar-refractivity contribution in [1.29, 1.82) is 0 Å². The predicted octanol–water partition coefficient (Wildman–Crippen LogP) is 9.66. The zero-order valence-corrected chi connectivity index (χ0v) is 24.0.